The maximum atomic E-state index is 10.3. The lowest BCUT2D eigenvalue weighted by atomic mass is 10.1. The molecule has 0 bridgehead atoms. The molecule has 2 nitrogen and oxygen atoms in total. The van der Waals surface area contributed by atoms with Gasteiger partial charge in [-0.05, 0) is 18.9 Å². The molecule has 1 aromatic carbocycles. The summed E-state index contributed by atoms with van der Waals surface area (Å²) in [6.07, 6.45) is 0.834. The van der Waals surface area contributed by atoms with Gasteiger partial charge in [-0.1, -0.05) is 29.8 Å². The van der Waals surface area contributed by atoms with Crippen molar-refractivity contribution in [1.29, 1.82) is 0 Å². The second kappa shape index (κ2) is 3.90. The van der Waals surface area contributed by atoms with Gasteiger partial charge in [-0.15, -0.1) is 0 Å². The van der Waals surface area contributed by atoms with Crippen molar-refractivity contribution >= 4 is 5.97 Å². The summed E-state index contributed by atoms with van der Waals surface area (Å²) < 4.78 is 0. The van der Waals surface area contributed by atoms with Crippen LogP contribution in [0.25, 0.3) is 0 Å². The van der Waals surface area contributed by atoms with Gasteiger partial charge in [0.05, 0.1) is 0 Å². The first-order chi connectivity index (χ1) is 5.68. The first-order valence-electron chi connectivity index (χ1n) is 3.96. The van der Waals surface area contributed by atoms with Crippen molar-refractivity contribution in [1.82, 2.24) is 0 Å². The van der Waals surface area contributed by atoms with E-state index in [9.17, 15) is 4.79 Å². The van der Waals surface area contributed by atoms with Crippen LogP contribution in [0.5, 0.6) is 0 Å². The van der Waals surface area contributed by atoms with Crippen LogP contribution in [-0.4, -0.2) is 11.1 Å². The molecule has 0 radical (unpaired) electrons. The number of carbonyl (C=O) groups is 1. The second-order valence-corrected chi connectivity index (χ2v) is 2.88. The first-order valence-corrected chi connectivity index (χ1v) is 3.96. The Balaban J connectivity index is 2.57. The van der Waals surface area contributed by atoms with E-state index in [1.165, 1.54) is 5.56 Å². The highest BCUT2D eigenvalue weighted by Crippen LogP contribution is 2.06. The molecule has 0 aliphatic carbocycles. The van der Waals surface area contributed by atoms with E-state index in [-0.39, 0.29) is 6.42 Å². The van der Waals surface area contributed by atoms with Crippen LogP contribution in [0.1, 0.15) is 17.5 Å². The largest absolute Gasteiger partial charge is 0.481 e. The number of carboxylic acids is 1. The Labute approximate surface area is 71.8 Å². The Morgan fingerprint density at radius 2 is 2.25 bits per heavy atom. The van der Waals surface area contributed by atoms with E-state index in [1.54, 1.807) is 0 Å². The molecule has 1 rings (SSSR count). The number of hydrogen-bond donors (Lipinski definition) is 1. The van der Waals surface area contributed by atoms with Crippen molar-refractivity contribution < 1.29 is 9.90 Å². The van der Waals surface area contributed by atoms with Gasteiger partial charge in [0.2, 0.25) is 0 Å². The van der Waals surface area contributed by atoms with Crippen molar-refractivity contribution in [3.8, 4) is 0 Å². The van der Waals surface area contributed by atoms with Crippen LogP contribution in [-0.2, 0) is 11.2 Å². The van der Waals surface area contributed by atoms with E-state index in [4.69, 9.17) is 5.11 Å². The molecule has 1 N–H and O–H groups in total. The highest BCUT2D eigenvalue weighted by atomic mass is 16.4. The fourth-order valence-corrected chi connectivity index (χ4v) is 1.12. The zero-order chi connectivity index (χ0) is 8.97. The summed E-state index contributed by atoms with van der Waals surface area (Å²) in [5.74, 6) is -0.739. The van der Waals surface area contributed by atoms with Crippen LogP contribution < -0.4 is 0 Å². The van der Waals surface area contributed by atoms with E-state index < -0.39 is 5.97 Å². The number of aryl methyl sites for hydroxylation is 2. The van der Waals surface area contributed by atoms with Crippen LogP contribution in [0.3, 0.4) is 0 Å². The smallest absolute Gasteiger partial charge is 0.303 e. The average Bonchev–Trinajstić information content (AvgIpc) is 2.01. The number of benzene rings is 1. The van der Waals surface area contributed by atoms with Crippen molar-refractivity contribution in [2.45, 2.75) is 19.8 Å². The molecule has 0 atom stereocenters. The maximum absolute atomic E-state index is 10.3. The zero-order valence-electron chi connectivity index (χ0n) is 7.08. The molecule has 64 valence electrons. The van der Waals surface area contributed by atoms with Crippen LogP contribution in [0.2, 0.25) is 0 Å². The van der Waals surface area contributed by atoms with Crippen LogP contribution in [0.4, 0.5) is 0 Å². The summed E-state index contributed by atoms with van der Waals surface area (Å²) in [6, 6.07) is 7.93. The van der Waals surface area contributed by atoms with Gasteiger partial charge in [0, 0.05) is 6.42 Å². The van der Waals surface area contributed by atoms with Gasteiger partial charge in [0.1, 0.15) is 0 Å². The van der Waals surface area contributed by atoms with Gasteiger partial charge >= 0.3 is 5.97 Å². The second-order valence-electron chi connectivity index (χ2n) is 2.88. The Kier molecular flexibility index (Phi) is 2.86. The van der Waals surface area contributed by atoms with E-state index in [1.807, 2.05) is 31.2 Å². The molecule has 0 spiro atoms. The standard InChI is InChI=1S/C10H12O2/c1-8-3-2-4-9(7-8)5-6-10(11)12/h2-4,7H,5-6H2,1H3,(H,11,12). The number of hydrogen-bond acceptors (Lipinski definition) is 1. The summed E-state index contributed by atoms with van der Waals surface area (Å²) >= 11 is 0. The van der Waals surface area contributed by atoms with Crippen LogP contribution >= 0.6 is 0 Å². The number of rotatable bonds is 3. The highest BCUT2D eigenvalue weighted by Gasteiger charge is 1.98. The third kappa shape index (κ3) is 2.74. The average molecular weight is 164 g/mol. The predicted octanol–water partition coefficient (Wildman–Crippen LogP) is 2.01. The molecule has 12 heavy (non-hydrogen) atoms. The Morgan fingerprint density at radius 1 is 1.50 bits per heavy atom. The molecule has 2 heteroatoms. The predicted molar refractivity (Wildman–Crippen MR) is 47.1 cm³/mol. The molecule has 0 saturated heterocycles. The minimum Gasteiger partial charge on any atom is -0.481 e. The summed E-state index contributed by atoms with van der Waals surface area (Å²) in [7, 11) is 0. The van der Waals surface area contributed by atoms with Gasteiger partial charge in [0.25, 0.3) is 0 Å². The Bertz CT molecular complexity index is 279. The molecule has 0 aliphatic heterocycles. The van der Waals surface area contributed by atoms with Crippen LogP contribution in [0.15, 0.2) is 24.3 Å². The van der Waals surface area contributed by atoms with Crippen molar-refractivity contribution in [3.63, 3.8) is 0 Å². The minimum absolute atomic E-state index is 0.212. The summed E-state index contributed by atoms with van der Waals surface area (Å²) in [6.45, 7) is 2.00. The molecule has 0 amide bonds. The first kappa shape index (κ1) is 8.78. The van der Waals surface area contributed by atoms with Crippen molar-refractivity contribution in [2.75, 3.05) is 0 Å². The van der Waals surface area contributed by atoms with Gasteiger partial charge in [-0.2, -0.15) is 0 Å². The molecule has 1 aromatic rings. The molecule has 0 heterocycles. The van der Waals surface area contributed by atoms with Crippen molar-refractivity contribution in [3.05, 3.63) is 35.4 Å². The molecule has 0 aliphatic rings. The van der Waals surface area contributed by atoms with Crippen LogP contribution in [0, 0.1) is 6.92 Å². The van der Waals surface area contributed by atoms with E-state index in [0.717, 1.165) is 5.56 Å². The van der Waals surface area contributed by atoms with Gasteiger partial charge in [-0.25, -0.2) is 0 Å². The molecule has 0 aromatic heterocycles. The highest BCUT2D eigenvalue weighted by molar-refractivity contribution is 5.67. The zero-order valence-corrected chi connectivity index (χ0v) is 7.08. The summed E-state index contributed by atoms with van der Waals surface area (Å²) in [5.41, 5.74) is 2.27. The van der Waals surface area contributed by atoms with E-state index in [2.05, 4.69) is 0 Å². The summed E-state index contributed by atoms with van der Waals surface area (Å²) in [5, 5.41) is 8.44. The lowest BCUT2D eigenvalue weighted by Gasteiger charge is -1.98. The lowest BCUT2D eigenvalue weighted by molar-refractivity contribution is -0.136. The van der Waals surface area contributed by atoms with E-state index >= 15 is 0 Å². The van der Waals surface area contributed by atoms with Gasteiger partial charge in [0.15, 0.2) is 0 Å². The molecular formula is C10H12O2. The van der Waals surface area contributed by atoms with Crippen molar-refractivity contribution in [2.24, 2.45) is 0 Å². The Hall–Kier alpha value is -1.31. The van der Waals surface area contributed by atoms with Gasteiger partial charge in [-0.3, -0.25) is 4.79 Å². The fourth-order valence-electron chi connectivity index (χ4n) is 1.12. The maximum Gasteiger partial charge on any atom is 0.303 e. The molecule has 0 fully saturated rings. The topological polar surface area (TPSA) is 37.3 Å². The minimum atomic E-state index is -0.739. The quantitative estimate of drug-likeness (QED) is 0.742. The van der Waals surface area contributed by atoms with Gasteiger partial charge < -0.3 is 5.11 Å². The fraction of sp³-hybridized carbons (Fsp3) is 0.300. The monoisotopic (exact) mass is 164 g/mol. The molecule has 0 saturated carbocycles. The lowest BCUT2D eigenvalue weighted by Crippen LogP contribution is -1.97. The SMILES string of the molecule is Cc1cccc(CCC(=O)O)c1. The van der Waals surface area contributed by atoms with E-state index in [0.29, 0.717) is 6.42 Å². The Morgan fingerprint density at radius 3 is 2.83 bits per heavy atom. The molecule has 0 unspecified atom stereocenters. The third-order valence-electron chi connectivity index (χ3n) is 1.71. The number of carboxylic acid groups (broad SMARTS) is 1. The summed E-state index contributed by atoms with van der Waals surface area (Å²) in [4.78, 5) is 10.3. The normalized spacial score (nSPS) is 9.75. The molecular weight excluding hydrogens is 152 g/mol. The third-order valence-corrected chi connectivity index (χ3v) is 1.71. The number of aliphatic carboxylic acids is 1.